The number of amides is 1. The van der Waals surface area contributed by atoms with Gasteiger partial charge in [-0.2, -0.15) is 0 Å². The zero-order valence-electron chi connectivity index (χ0n) is 18.9. The van der Waals surface area contributed by atoms with Crippen molar-refractivity contribution in [3.8, 4) is 5.75 Å². The molecule has 0 aliphatic carbocycles. The molecular weight excluding hydrogens is 450 g/mol. The van der Waals surface area contributed by atoms with E-state index < -0.39 is 5.69 Å². The van der Waals surface area contributed by atoms with Gasteiger partial charge in [0.05, 0.1) is 31.5 Å². The van der Waals surface area contributed by atoms with Gasteiger partial charge in [-0.15, -0.1) is 11.3 Å². The third kappa shape index (κ3) is 4.41. The van der Waals surface area contributed by atoms with Crippen molar-refractivity contribution in [2.45, 2.75) is 32.9 Å². The molecule has 174 valence electrons. The van der Waals surface area contributed by atoms with Crippen LogP contribution in [0.5, 0.6) is 5.75 Å². The number of nitrogens with one attached hydrogen (secondary N) is 1. The van der Waals surface area contributed by atoms with E-state index in [4.69, 9.17) is 4.74 Å². The third-order valence-electron chi connectivity index (χ3n) is 6.12. The lowest BCUT2D eigenvalue weighted by molar-refractivity contribution is -0.132. The Labute approximate surface area is 200 Å². The first kappa shape index (κ1) is 22.2. The molecule has 7 nitrogen and oxygen atoms in total. The predicted octanol–water partition coefficient (Wildman–Crippen LogP) is 3.46. The van der Waals surface area contributed by atoms with Gasteiger partial charge in [0.25, 0.3) is 5.56 Å². The van der Waals surface area contributed by atoms with Gasteiger partial charge in [0, 0.05) is 11.4 Å². The van der Waals surface area contributed by atoms with Gasteiger partial charge in [0.1, 0.15) is 10.6 Å². The van der Waals surface area contributed by atoms with E-state index in [1.165, 1.54) is 15.9 Å². The summed E-state index contributed by atoms with van der Waals surface area (Å²) in [7, 11) is 0. The van der Waals surface area contributed by atoms with E-state index in [2.05, 4.69) is 4.98 Å². The van der Waals surface area contributed by atoms with Crippen LogP contribution < -0.4 is 16.0 Å². The molecule has 1 aliphatic rings. The molecule has 0 bridgehead atoms. The molecule has 0 atom stereocenters. The maximum absolute atomic E-state index is 13.3. The lowest BCUT2D eigenvalue weighted by atomic mass is 10.1. The van der Waals surface area contributed by atoms with Gasteiger partial charge in [0.15, 0.2) is 0 Å². The van der Waals surface area contributed by atoms with Crippen LogP contribution >= 0.6 is 11.3 Å². The molecule has 2 aromatic heterocycles. The van der Waals surface area contributed by atoms with Gasteiger partial charge >= 0.3 is 5.69 Å². The second-order valence-corrected chi connectivity index (χ2v) is 9.60. The van der Waals surface area contributed by atoms with Gasteiger partial charge in [-0.25, -0.2) is 4.79 Å². The number of aromatic amines is 1. The molecule has 0 saturated carbocycles. The Kier molecular flexibility index (Phi) is 6.06. The first-order valence-electron chi connectivity index (χ1n) is 11.3. The van der Waals surface area contributed by atoms with Gasteiger partial charge in [-0.3, -0.25) is 19.1 Å². The van der Waals surface area contributed by atoms with E-state index in [0.717, 1.165) is 27.3 Å². The number of nitrogens with zero attached hydrogens (tertiary/aromatic N) is 2. The summed E-state index contributed by atoms with van der Waals surface area (Å²) in [6.45, 7) is 3.54. The second-order valence-electron chi connectivity index (χ2n) is 8.49. The summed E-state index contributed by atoms with van der Waals surface area (Å²) >= 11 is 1.39. The van der Waals surface area contributed by atoms with E-state index in [1.807, 2.05) is 61.5 Å². The van der Waals surface area contributed by atoms with Crippen LogP contribution in [0.3, 0.4) is 0 Å². The quantitative estimate of drug-likeness (QED) is 0.463. The number of hydrogen-bond acceptors (Lipinski definition) is 5. The van der Waals surface area contributed by atoms with Gasteiger partial charge in [-0.05, 0) is 36.6 Å². The van der Waals surface area contributed by atoms with Crippen molar-refractivity contribution in [2.75, 3.05) is 13.2 Å². The van der Waals surface area contributed by atoms with Crippen molar-refractivity contribution in [2.24, 2.45) is 0 Å². The standard InChI is InChI=1S/C26H25N3O4S/c1-17-7-9-19(10-8-17)33-14-12-22(30)28-13-11-20-21(16-28)34-24-23(20)25(31)29(26(32)27-24)15-18-5-3-2-4-6-18/h2-10H,11-16H2,1H3,(H,27,32). The molecule has 0 spiro atoms. The smallest absolute Gasteiger partial charge is 0.329 e. The van der Waals surface area contributed by atoms with E-state index in [1.54, 1.807) is 4.90 Å². The monoisotopic (exact) mass is 475 g/mol. The highest BCUT2D eigenvalue weighted by atomic mass is 32.1. The number of fused-ring (bicyclic) bond motifs is 3. The van der Waals surface area contributed by atoms with Crippen LogP contribution in [-0.4, -0.2) is 33.5 Å². The number of thiophene rings is 1. The van der Waals surface area contributed by atoms with Crippen LogP contribution in [0.2, 0.25) is 0 Å². The lowest BCUT2D eigenvalue weighted by Gasteiger charge is -2.27. The van der Waals surface area contributed by atoms with Crippen molar-refractivity contribution in [1.29, 1.82) is 0 Å². The second kappa shape index (κ2) is 9.30. The minimum Gasteiger partial charge on any atom is -0.493 e. The maximum atomic E-state index is 13.3. The number of H-pyrrole nitrogens is 1. The van der Waals surface area contributed by atoms with E-state index in [-0.39, 0.29) is 24.4 Å². The van der Waals surface area contributed by atoms with Crippen LogP contribution in [0.25, 0.3) is 10.2 Å². The fraction of sp³-hybridized carbons (Fsp3) is 0.269. The summed E-state index contributed by atoms with van der Waals surface area (Å²) < 4.78 is 6.96. The summed E-state index contributed by atoms with van der Waals surface area (Å²) in [4.78, 5) is 44.9. The number of hydrogen-bond donors (Lipinski definition) is 1. The molecule has 4 aromatic rings. The SMILES string of the molecule is Cc1ccc(OCCC(=O)N2CCc3c(sc4[nH]c(=O)n(Cc5ccccc5)c(=O)c34)C2)cc1. The van der Waals surface area contributed by atoms with Gasteiger partial charge < -0.3 is 9.64 Å². The average Bonchev–Trinajstić information content (AvgIpc) is 3.21. The molecule has 5 rings (SSSR count). The molecule has 8 heteroatoms. The Morgan fingerprint density at radius 2 is 1.85 bits per heavy atom. The number of ether oxygens (including phenoxy) is 1. The summed E-state index contributed by atoms with van der Waals surface area (Å²) in [6.07, 6.45) is 0.876. The number of benzene rings is 2. The van der Waals surface area contributed by atoms with E-state index >= 15 is 0 Å². The lowest BCUT2D eigenvalue weighted by Crippen LogP contribution is -2.37. The Hall–Kier alpha value is -3.65. The highest BCUT2D eigenvalue weighted by Gasteiger charge is 2.26. The molecule has 2 aromatic carbocycles. The number of carbonyl (C=O) groups excluding carboxylic acids is 1. The Bertz CT molecular complexity index is 1450. The summed E-state index contributed by atoms with van der Waals surface area (Å²) in [5, 5.41) is 0.574. The number of carbonyl (C=O) groups is 1. The number of aromatic nitrogens is 2. The Balaban J connectivity index is 1.31. The van der Waals surface area contributed by atoms with Crippen molar-refractivity contribution in [1.82, 2.24) is 14.5 Å². The molecule has 34 heavy (non-hydrogen) atoms. The fourth-order valence-electron chi connectivity index (χ4n) is 4.28. The predicted molar refractivity (Wildman–Crippen MR) is 133 cm³/mol. The number of aryl methyl sites for hydroxylation is 1. The van der Waals surface area contributed by atoms with Crippen LogP contribution in [0.15, 0.2) is 64.2 Å². The molecule has 0 radical (unpaired) electrons. The average molecular weight is 476 g/mol. The molecule has 0 saturated heterocycles. The summed E-state index contributed by atoms with van der Waals surface area (Å²) in [5.41, 5.74) is 2.31. The van der Waals surface area contributed by atoms with Crippen LogP contribution in [0.1, 0.15) is 28.0 Å². The van der Waals surface area contributed by atoms with Crippen molar-refractivity contribution in [3.05, 3.63) is 97.0 Å². The minimum atomic E-state index is -0.416. The molecule has 0 unspecified atom stereocenters. The van der Waals surface area contributed by atoms with Gasteiger partial charge in [0.2, 0.25) is 5.91 Å². The Morgan fingerprint density at radius 3 is 2.62 bits per heavy atom. The molecule has 1 N–H and O–H groups in total. The molecule has 1 amide bonds. The molecule has 3 heterocycles. The van der Waals surface area contributed by atoms with Crippen molar-refractivity contribution in [3.63, 3.8) is 0 Å². The largest absolute Gasteiger partial charge is 0.493 e. The van der Waals surface area contributed by atoms with Crippen LogP contribution in [-0.2, 0) is 24.3 Å². The molecular formula is C26H25N3O4S. The summed E-state index contributed by atoms with van der Waals surface area (Å²) in [5.74, 6) is 0.768. The van der Waals surface area contributed by atoms with Crippen LogP contribution in [0.4, 0.5) is 0 Å². The van der Waals surface area contributed by atoms with Crippen LogP contribution in [0, 0.1) is 6.92 Å². The zero-order chi connectivity index (χ0) is 23.7. The minimum absolute atomic E-state index is 0.0187. The van der Waals surface area contributed by atoms with E-state index in [9.17, 15) is 14.4 Å². The van der Waals surface area contributed by atoms with Gasteiger partial charge in [-0.1, -0.05) is 48.0 Å². The fourth-order valence-corrected chi connectivity index (χ4v) is 5.53. The van der Waals surface area contributed by atoms with Crippen molar-refractivity contribution < 1.29 is 9.53 Å². The maximum Gasteiger partial charge on any atom is 0.329 e. The molecule has 1 aliphatic heterocycles. The number of rotatable bonds is 6. The Morgan fingerprint density at radius 1 is 1.09 bits per heavy atom. The first-order valence-corrected chi connectivity index (χ1v) is 12.1. The van der Waals surface area contributed by atoms with Crippen molar-refractivity contribution >= 4 is 27.5 Å². The zero-order valence-corrected chi connectivity index (χ0v) is 19.7. The first-order chi connectivity index (χ1) is 16.5. The van der Waals surface area contributed by atoms with E-state index in [0.29, 0.717) is 36.3 Å². The third-order valence-corrected chi connectivity index (χ3v) is 7.26. The highest BCUT2D eigenvalue weighted by molar-refractivity contribution is 7.18. The molecule has 0 fully saturated rings. The topological polar surface area (TPSA) is 84.4 Å². The normalized spacial score (nSPS) is 13.1. The summed E-state index contributed by atoms with van der Waals surface area (Å²) in [6, 6.07) is 17.2. The highest BCUT2D eigenvalue weighted by Crippen LogP contribution is 2.32.